The van der Waals surface area contributed by atoms with Crippen LogP contribution in [-0.4, -0.2) is 15.3 Å². The molecular formula is C28H32O5. The molecule has 0 aliphatic carbocycles. The maximum atomic E-state index is 12.5. The molecule has 1 heterocycles. The summed E-state index contributed by atoms with van der Waals surface area (Å²) < 4.78 is 5.51. The molecule has 0 atom stereocenters. The third-order valence-electron chi connectivity index (χ3n) is 5.77. The Hall–Kier alpha value is -3.47. The van der Waals surface area contributed by atoms with Crippen molar-refractivity contribution in [2.24, 2.45) is 0 Å². The summed E-state index contributed by atoms with van der Waals surface area (Å²) in [7, 11) is 0. The van der Waals surface area contributed by atoms with Crippen molar-refractivity contribution < 1.29 is 19.7 Å². The Labute approximate surface area is 194 Å². The molecule has 174 valence electrons. The Bertz CT molecular complexity index is 1320. The first-order valence-electron chi connectivity index (χ1n) is 11.3. The van der Waals surface area contributed by atoms with Crippen LogP contribution in [0.25, 0.3) is 21.7 Å². The van der Waals surface area contributed by atoms with Crippen LogP contribution in [0, 0.1) is 0 Å². The zero-order valence-corrected chi connectivity index (χ0v) is 19.7. The van der Waals surface area contributed by atoms with Crippen LogP contribution in [0.3, 0.4) is 0 Å². The maximum absolute atomic E-state index is 12.5. The molecule has 0 bridgehead atoms. The highest BCUT2D eigenvalue weighted by Crippen LogP contribution is 2.37. The van der Waals surface area contributed by atoms with E-state index in [2.05, 4.69) is 45.9 Å². The van der Waals surface area contributed by atoms with Gasteiger partial charge in [-0.25, -0.2) is 4.79 Å². The van der Waals surface area contributed by atoms with Gasteiger partial charge in [0, 0.05) is 16.3 Å². The predicted molar refractivity (Wildman–Crippen MR) is 134 cm³/mol. The van der Waals surface area contributed by atoms with Gasteiger partial charge in [0.2, 0.25) is 0 Å². The maximum Gasteiger partial charge on any atom is 0.348 e. The fourth-order valence-corrected chi connectivity index (χ4v) is 3.96. The number of rotatable bonds is 8. The Kier molecular flexibility index (Phi) is 7.64. The topological polar surface area (TPSA) is 90.9 Å². The molecule has 5 nitrogen and oxygen atoms in total. The zero-order chi connectivity index (χ0) is 24.1. The highest BCUT2D eigenvalue weighted by Gasteiger charge is 2.17. The van der Waals surface area contributed by atoms with E-state index in [1.807, 2.05) is 0 Å². The molecule has 0 spiro atoms. The molecule has 0 unspecified atom stereocenters. The Morgan fingerprint density at radius 1 is 0.848 bits per heavy atom. The first-order valence-corrected chi connectivity index (χ1v) is 11.3. The summed E-state index contributed by atoms with van der Waals surface area (Å²) in [5.41, 5.74) is 4.13. The average Bonchev–Trinajstić information content (AvgIpc) is 2.74. The number of hydrogen-bond acceptors (Lipinski definition) is 5. The summed E-state index contributed by atoms with van der Waals surface area (Å²) in [6.07, 6.45) is 11.1. The van der Waals surface area contributed by atoms with Crippen molar-refractivity contribution in [1.29, 1.82) is 0 Å². The van der Waals surface area contributed by atoms with Crippen molar-refractivity contribution in [3.63, 3.8) is 0 Å². The van der Waals surface area contributed by atoms with Gasteiger partial charge in [-0.2, -0.15) is 0 Å². The first-order chi connectivity index (χ1) is 15.7. The SMILES string of the molecule is CC(C)=CCC/C(C)=C/CC/C(C)=C/Cc1cc(O)cc2c1oc(=O)c1c(O)ccc(O)c12. The number of allylic oxidation sites excluding steroid dienone is 6. The number of benzene rings is 2. The van der Waals surface area contributed by atoms with Gasteiger partial charge in [0.25, 0.3) is 0 Å². The molecule has 0 amide bonds. The summed E-state index contributed by atoms with van der Waals surface area (Å²) in [6.45, 7) is 8.45. The highest BCUT2D eigenvalue weighted by atomic mass is 16.4. The van der Waals surface area contributed by atoms with Gasteiger partial charge in [-0.15, -0.1) is 0 Å². The molecule has 0 saturated carbocycles. The van der Waals surface area contributed by atoms with Gasteiger partial charge in [0.15, 0.2) is 0 Å². The minimum Gasteiger partial charge on any atom is -0.508 e. The van der Waals surface area contributed by atoms with Gasteiger partial charge in [0.05, 0.1) is 0 Å². The van der Waals surface area contributed by atoms with Crippen LogP contribution in [0.15, 0.2) is 68.4 Å². The lowest BCUT2D eigenvalue weighted by Gasteiger charge is -2.10. The molecule has 0 aliphatic heterocycles. The number of fused-ring (bicyclic) bond motifs is 3. The fraction of sp³-hybridized carbons (Fsp3) is 0.321. The van der Waals surface area contributed by atoms with Crippen LogP contribution in [0.4, 0.5) is 0 Å². The normalized spacial score (nSPS) is 12.5. The van der Waals surface area contributed by atoms with Crippen molar-refractivity contribution in [2.75, 3.05) is 0 Å². The summed E-state index contributed by atoms with van der Waals surface area (Å²) in [4.78, 5) is 12.5. The molecule has 3 rings (SSSR count). The van der Waals surface area contributed by atoms with Gasteiger partial charge in [-0.05, 0) is 84.1 Å². The van der Waals surface area contributed by atoms with E-state index in [9.17, 15) is 20.1 Å². The second kappa shape index (κ2) is 10.4. The minimum absolute atomic E-state index is 0.00336. The first kappa shape index (κ1) is 24.2. The molecule has 1 aromatic heterocycles. The number of hydrogen-bond donors (Lipinski definition) is 3. The van der Waals surface area contributed by atoms with Crippen LogP contribution < -0.4 is 5.63 Å². The van der Waals surface area contributed by atoms with E-state index < -0.39 is 5.63 Å². The van der Waals surface area contributed by atoms with Crippen molar-refractivity contribution >= 4 is 21.7 Å². The van der Waals surface area contributed by atoms with Crippen LogP contribution in [-0.2, 0) is 6.42 Å². The van der Waals surface area contributed by atoms with Gasteiger partial charge >= 0.3 is 5.63 Å². The minimum atomic E-state index is -0.729. The largest absolute Gasteiger partial charge is 0.508 e. The Balaban J connectivity index is 1.83. The smallest absolute Gasteiger partial charge is 0.348 e. The molecule has 5 heteroatoms. The van der Waals surface area contributed by atoms with Crippen LogP contribution in [0.1, 0.15) is 58.9 Å². The number of aromatic hydroxyl groups is 3. The molecule has 2 aromatic carbocycles. The third-order valence-corrected chi connectivity index (χ3v) is 5.77. The second-order valence-corrected chi connectivity index (χ2v) is 8.89. The Morgan fingerprint density at radius 3 is 2.12 bits per heavy atom. The Morgan fingerprint density at radius 2 is 1.45 bits per heavy atom. The van der Waals surface area contributed by atoms with E-state index in [0.29, 0.717) is 23.0 Å². The monoisotopic (exact) mass is 448 g/mol. The van der Waals surface area contributed by atoms with Gasteiger partial charge < -0.3 is 19.7 Å². The summed E-state index contributed by atoms with van der Waals surface area (Å²) in [6, 6.07) is 5.56. The van der Waals surface area contributed by atoms with Gasteiger partial charge in [-0.1, -0.05) is 34.9 Å². The molecule has 0 radical (unpaired) electrons. The summed E-state index contributed by atoms with van der Waals surface area (Å²) >= 11 is 0. The standard InChI is InChI=1S/C28H32O5/c1-17(2)7-5-8-18(3)9-6-10-19(4)11-12-20-15-21(29)16-22-25-23(30)13-14-24(31)26(25)28(32)33-27(20)22/h7,9,11,13-16,29-31H,5-6,8,10,12H2,1-4H3/b18-9+,19-11+. The lowest BCUT2D eigenvalue weighted by atomic mass is 10.00. The van der Waals surface area contributed by atoms with E-state index in [4.69, 9.17) is 4.42 Å². The zero-order valence-electron chi connectivity index (χ0n) is 19.7. The molecule has 0 saturated heterocycles. The van der Waals surface area contributed by atoms with Crippen molar-refractivity contribution in [3.05, 3.63) is 75.2 Å². The molecule has 33 heavy (non-hydrogen) atoms. The van der Waals surface area contributed by atoms with Crippen LogP contribution >= 0.6 is 0 Å². The number of phenolic OH excluding ortho intramolecular Hbond substituents is 3. The fourth-order valence-electron chi connectivity index (χ4n) is 3.96. The van der Waals surface area contributed by atoms with E-state index in [-0.39, 0.29) is 28.0 Å². The number of phenols is 3. The lowest BCUT2D eigenvalue weighted by Crippen LogP contribution is -2.02. The molecule has 0 fully saturated rings. The van der Waals surface area contributed by atoms with Crippen molar-refractivity contribution in [1.82, 2.24) is 0 Å². The summed E-state index contributed by atoms with van der Waals surface area (Å²) in [5, 5.41) is 31.2. The second-order valence-electron chi connectivity index (χ2n) is 8.89. The average molecular weight is 449 g/mol. The van der Waals surface area contributed by atoms with E-state index >= 15 is 0 Å². The van der Waals surface area contributed by atoms with Crippen molar-refractivity contribution in [2.45, 2.75) is 59.8 Å². The lowest BCUT2D eigenvalue weighted by molar-refractivity contribution is 0.465. The third kappa shape index (κ3) is 5.86. The molecule has 3 aromatic rings. The van der Waals surface area contributed by atoms with Crippen LogP contribution in [0.2, 0.25) is 0 Å². The van der Waals surface area contributed by atoms with Gasteiger partial charge in [-0.3, -0.25) is 0 Å². The van der Waals surface area contributed by atoms with Crippen molar-refractivity contribution in [3.8, 4) is 17.2 Å². The predicted octanol–water partition coefficient (Wildman–Crippen LogP) is 7.02. The molecular weight excluding hydrogens is 416 g/mol. The van der Waals surface area contributed by atoms with Crippen LogP contribution in [0.5, 0.6) is 17.2 Å². The van der Waals surface area contributed by atoms with E-state index in [1.165, 1.54) is 34.9 Å². The van der Waals surface area contributed by atoms with Gasteiger partial charge in [0.1, 0.15) is 28.2 Å². The quantitative estimate of drug-likeness (QED) is 0.149. The van der Waals surface area contributed by atoms with E-state index in [1.54, 1.807) is 6.07 Å². The highest BCUT2D eigenvalue weighted by molar-refractivity contribution is 6.10. The van der Waals surface area contributed by atoms with E-state index in [0.717, 1.165) is 25.7 Å². The molecule has 0 aliphatic rings. The molecule has 3 N–H and O–H groups in total. The summed E-state index contributed by atoms with van der Waals surface area (Å²) in [5.74, 6) is -0.435.